The number of nitrogens with zero attached hydrogens (tertiary/aromatic N) is 2. The van der Waals surface area contributed by atoms with Crippen molar-refractivity contribution in [1.29, 1.82) is 5.26 Å². The Labute approximate surface area is 156 Å². The highest BCUT2D eigenvalue weighted by atomic mass is 16.5. The van der Waals surface area contributed by atoms with Crippen LogP contribution in [0, 0.1) is 11.3 Å². The number of unbranched alkanes of at least 4 members (excludes halogenated alkanes) is 1. The van der Waals surface area contributed by atoms with Gasteiger partial charge in [-0.15, -0.1) is 0 Å². The molecule has 0 radical (unpaired) electrons. The molecule has 0 bridgehead atoms. The molecule has 3 aromatic rings. The minimum Gasteiger partial charge on any atom is -0.505 e. The Bertz CT molecular complexity index is 1010. The van der Waals surface area contributed by atoms with Crippen molar-refractivity contribution in [3.05, 3.63) is 59.9 Å². The zero-order chi connectivity index (χ0) is 19.2. The molecule has 1 aromatic heterocycles. The summed E-state index contributed by atoms with van der Waals surface area (Å²) in [4.78, 5) is 16.2. The van der Waals surface area contributed by atoms with Gasteiger partial charge >= 0.3 is 5.97 Å². The van der Waals surface area contributed by atoms with Crippen molar-refractivity contribution in [2.24, 2.45) is 0 Å². The van der Waals surface area contributed by atoms with Crippen molar-refractivity contribution in [3.8, 4) is 23.3 Å². The van der Waals surface area contributed by atoms with Crippen LogP contribution < -0.4 is 4.74 Å². The minimum absolute atomic E-state index is 0.0384. The fraction of sp³-hybridized carbons (Fsp3) is 0.190. The van der Waals surface area contributed by atoms with Gasteiger partial charge in [-0.3, -0.25) is 0 Å². The number of pyridine rings is 1. The van der Waals surface area contributed by atoms with E-state index >= 15 is 0 Å². The summed E-state index contributed by atoms with van der Waals surface area (Å²) < 4.78 is 10.9. The van der Waals surface area contributed by atoms with E-state index in [1.165, 1.54) is 0 Å². The summed E-state index contributed by atoms with van der Waals surface area (Å²) in [5, 5.41) is 20.7. The molecule has 0 aliphatic rings. The Morgan fingerprint density at radius 2 is 1.93 bits per heavy atom. The topological polar surface area (TPSA) is 92.4 Å². The molecule has 27 heavy (non-hydrogen) atoms. The third-order valence-electron chi connectivity index (χ3n) is 3.96. The summed E-state index contributed by atoms with van der Waals surface area (Å²) in [5.74, 6) is 0.00670. The van der Waals surface area contributed by atoms with Crippen LogP contribution in [0.5, 0.6) is 17.2 Å². The van der Waals surface area contributed by atoms with Gasteiger partial charge in [0.1, 0.15) is 23.3 Å². The second-order valence-corrected chi connectivity index (χ2v) is 5.88. The fourth-order valence-corrected chi connectivity index (χ4v) is 2.57. The SMILES string of the molecule is CCCCOC(=O)c1nc(C#N)c2ccc(Oc3ccccc3)cc2c1O. The smallest absolute Gasteiger partial charge is 0.360 e. The molecular formula is C21H18N2O4. The predicted molar refractivity (Wildman–Crippen MR) is 99.8 cm³/mol. The second kappa shape index (κ2) is 8.19. The number of hydrogen-bond donors (Lipinski definition) is 1. The van der Waals surface area contributed by atoms with Gasteiger partial charge in [0.05, 0.1) is 6.61 Å². The van der Waals surface area contributed by atoms with Crippen molar-refractivity contribution < 1.29 is 19.4 Å². The molecule has 2 aromatic carbocycles. The molecule has 0 fully saturated rings. The first-order valence-corrected chi connectivity index (χ1v) is 8.61. The number of carbonyl (C=O) groups excluding carboxylic acids is 1. The molecule has 1 N–H and O–H groups in total. The second-order valence-electron chi connectivity index (χ2n) is 5.88. The Hall–Kier alpha value is -3.59. The van der Waals surface area contributed by atoms with Crippen molar-refractivity contribution in [1.82, 2.24) is 4.98 Å². The van der Waals surface area contributed by atoms with E-state index in [0.717, 1.165) is 6.42 Å². The highest BCUT2D eigenvalue weighted by Gasteiger charge is 2.21. The predicted octanol–water partition coefficient (Wildman–Crippen LogP) is 4.56. The van der Waals surface area contributed by atoms with E-state index in [4.69, 9.17) is 9.47 Å². The van der Waals surface area contributed by atoms with Crippen LogP contribution in [-0.2, 0) is 4.74 Å². The molecule has 3 rings (SSSR count). The third kappa shape index (κ3) is 3.98. The number of fused-ring (bicyclic) bond motifs is 1. The van der Waals surface area contributed by atoms with E-state index in [1.54, 1.807) is 30.3 Å². The van der Waals surface area contributed by atoms with Gasteiger partial charge in [0, 0.05) is 10.8 Å². The number of nitriles is 1. The molecule has 1 heterocycles. The van der Waals surface area contributed by atoms with Gasteiger partial charge in [0.15, 0.2) is 11.4 Å². The average molecular weight is 362 g/mol. The first kappa shape index (κ1) is 18.2. The maximum atomic E-state index is 12.2. The van der Waals surface area contributed by atoms with Crippen LogP contribution in [0.1, 0.15) is 35.9 Å². The molecule has 6 nitrogen and oxygen atoms in total. The standard InChI is InChI=1S/C21H18N2O4/c1-2-3-11-26-21(25)19-20(24)17-12-15(27-14-7-5-4-6-8-14)9-10-16(17)18(13-22)23-19/h4-10,12,24H,2-3,11H2,1H3. The van der Waals surface area contributed by atoms with Gasteiger partial charge in [0.25, 0.3) is 0 Å². The number of carbonyl (C=O) groups is 1. The van der Waals surface area contributed by atoms with Crippen LogP contribution in [0.2, 0.25) is 0 Å². The summed E-state index contributed by atoms with van der Waals surface area (Å²) in [7, 11) is 0. The first-order valence-electron chi connectivity index (χ1n) is 8.61. The normalized spacial score (nSPS) is 10.4. The van der Waals surface area contributed by atoms with Gasteiger partial charge in [0.2, 0.25) is 0 Å². The van der Waals surface area contributed by atoms with Gasteiger partial charge in [-0.05, 0) is 36.8 Å². The van der Waals surface area contributed by atoms with Crippen LogP contribution in [0.4, 0.5) is 0 Å². The summed E-state index contributed by atoms with van der Waals surface area (Å²) in [6.07, 6.45) is 1.58. The lowest BCUT2D eigenvalue weighted by molar-refractivity contribution is 0.0489. The van der Waals surface area contributed by atoms with Gasteiger partial charge in [-0.25, -0.2) is 9.78 Å². The molecule has 0 spiro atoms. The van der Waals surface area contributed by atoms with E-state index in [1.807, 2.05) is 31.2 Å². The van der Waals surface area contributed by atoms with Crippen molar-refractivity contribution in [2.45, 2.75) is 19.8 Å². The van der Waals surface area contributed by atoms with Crippen LogP contribution in [0.15, 0.2) is 48.5 Å². The van der Waals surface area contributed by atoms with E-state index in [2.05, 4.69) is 4.98 Å². The Kier molecular flexibility index (Phi) is 5.53. The summed E-state index contributed by atoms with van der Waals surface area (Å²) in [6, 6.07) is 16.0. The lowest BCUT2D eigenvalue weighted by atomic mass is 10.1. The zero-order valence-corrected chi connectivity index (χ0v) is 14.8. The number of ether oxygens (including phenoxy) is 2. The molecule has 0 saturated heterocycles. The average Bonchev–Trinajstić information content (AvgIpc) is 2.69. The quantitative estimate of drug-likeness (QED) is 0.510. The molecule has 0 aliphatic carbocycles. The van der Waals surface area contributed by atoms with Gasteiger partial charge in [-0.1, -0.05) is 31.5 Å². The molecule has 0 aliphatic heterocycles. The number of aromatic nitrogens is 1. The van der Waals surface area contributed by atoms with E-state index in [-0.39, 0.29) is 23.7 Å². The molecule has 6 heteroatoms. The maximum Gasteiger partial charge on any atom is 0.360 e. The molecule has 0 atom stereocenters. The Balaban J connectivity index is 2.02. The monoisotopic (exact) mass is 362 g/mol. The highest BCUT2D eigenvalue weighted by molar-refractivity contribution is 6.01. The number of benzene rings is 2. The van der Waals surface area contributed by atoms with Crippen LogP contribution in [0.3, 0.4) is 0 Å². The molecule has 0 unspecified atom stereocenters. The fourth-order valence-electron chi connectivity index (χ4n) is 2.57. The molecular weight excluding hydrogens is 344 g/mol. The summed E-state index contributed by atoms with van der Waals surface area (Å²) in [5.41, 5.74) is -0.233. The van der Waals surface area contributed by atoms with Gasteiger partial charge < -0.3 is 14.6 Å². The lowest BCUT2D eigenvalue weighted by Gasteiger charge is -2.11. The number of rotatable bonds is 6. The van der Waals surface area contributed by atoms with Crippen molar-refractivity contribution in [3.63, 3.8) is 0 Å². The van der Waals surface area contributed by atoms with Crippen molar-refractivity contribution in [2.75, 3.05) is 6.61 Å². The zero-order valence-electron chi connectivity index (χ0n) is 14.8. The number of esters is 1. The van der Waals surface area contributed by atoms with Crippen LogP contribution in [0.25, 0.3) is 10.8 Å². The maximum absolute atomic E-state index is 12.2. The van der Waals surface area contributed by atoms with E-state index in [0.29, 0.717) is 28.7 Å². The number of para-hydroxylation sites is 1. The molecule has 136 valence electrons. The first-order chi connectivity index (χ1) is 13.1. The largest absolute Gasteiger partial charge is 0.505 e. The number of aromatic hydroxyl groups is 1. The van der Waals surface area contributed by atoms with Gasteiger partial charge in [-0.2, -0.15) is 5.26 Å². The molecule has 0 amide bonds. The Morgan fingerprint density at radius 1 is 1.15 bits per heavy atom. The van der Waals surface area contributed by atoms with E-state index < -0.39 is 5.97 Å². The van der Waals surface area contributed by atoms with Crippen LogP contribution in [-0.4, -0.2) is 22.7 Å². The Morgan fingerprint density at radius 3 is 2.63 bits per heavy atom. The third-order valence-corrected chi connectivity index (χ3v) is 3.96. The van der Waals surface area contributed by atoms with E-state index in [9.17, 15) is 15.2 Å². The summed E-state index contributed by atoms with van der Waals surface area (Å²) in [6.45, 7) is 2.20. The highest BCUT2D eigenvalue weighted by Crippen LogP contribution is 2.34. The lowest BCUT2D eigenvalue weighted by Crippen LogP contribution is -2.10. The summed E-state index contributed by atoms with van der Waals surface area (Å²) >= 11 is 0. The van der Waals surface area contributed by atoms with Crippen LogP contribution >= 0.6 is 0 Å². The number of hydrogen-bond acceptors (Lipinski definition) is 6. The van der Waals surface area contributed by atoms with Crippen molar-refractivity contribution >= 4 is 16.7 Å². The molecule has 0 saturated carbocycles. The minimum atomic E-state index is -0.756.